The Morgan fingerprint density at radius 2 is 2.11 bits per heavy atom. The lowest BCUT2D eigenvalue weighted by Gasteiger charge is -2.36. The second-order valence-electron chi connectivity index (χ2n) is 4.60. The van der Waals surface area contributed by atoms with Crippen LogP contribution >= 0.6 is 22.9 Å². The first-order valence-electron chi connectivity index (χ1n) is 6.06. The maximum absolute atomic E-state index is 11.1. The summed E-state index contributed by atoms with van der Waals surface area (Å²) in [6, 6.07) is 3.85. The topological polar surface area (TPSA) is 49.6 Å². The fraction of sp³-hybridized carbons (Fsp3) is 0.583. The second-order valence-corrected chi connectivity index (χ2v) is 6.40. The number of amides is 1. The minimum Gasteiger partial charge on any atom is -0.368 e. The van der Waals surface area contributed by atoms with E-state index in [4.69, 9.17) is 17.3 Å². The van der Waals surface area contributed by atoms with Gasteiger partial charge in [0, 0.05) is 37.6 Å². The molecule has 0 radical (unpaired) electrons. The number of hydrogen-bond donors (Lipinski definition) is 1. The molecule has 2 rings (SSSR count). The van der Waals surface area contributed by atoms with Crippen molar-refractivity contribution in [2.45, 2.75) is 19.5 Å². The Balaban J connectivity index is 1.81. The van der Waals surface area contributed by atoms with Crippen molar-refractivity contribution in [3.63, 3.8) is 0 Å². The van der Waals surface area contributed by atoms with Crippen LogP contribution in [0.2, 0.25) is 4.34 Å². The van der Waals surface area contributed by atoms with Crippen LogP contribution in [0.15, 0.2) is 12.1 Å². The van der Waals surface area contributed by atoms with Gasteiger partial charge in [-0.2, -0.15) is 0 Å². The molecule has 18 heavy (non-hydrogen) atoms. The molecular weight excluding hydrogens is 270 g/mol. The molecule has 1 aliphatic heterocycles. The standard InChI is InChI=1S/C12H18ClN3OS/c1-9(12(14)17)16-6-4-15(5-7-16)8-10-2-3-11(13)18-10/h2-3,9H,4-8H2,1H3,(H2,14,17). The summed E-state index contributed by atoms with van der Waals surface area (Å²) >= 11 is 7.55. The van der Waals surface area contributed by atoms with E-state index in [1.54, 1.807) is 11.3 Å². The van der Waals surface area contributed by atoms with Crippen molar-refractivity contribution in [1.82, 2.24) is 9.80 Å². The van der Waals surface area contributed by atoms with Crippen molar-refractivity contribution in [3.05, 3.63) is 21.3 Å². The molecule has 1 saturated heterocycles. The summed E-state index contributed by atoms with van der Waals surface area (Å²) in [6.45, 7) is 6.53. The Kier molecular flexibility index (Phi) is 4.61. The number of nitrogens with two attached hydrogens (primary N) is 1. The molecule has 100 valence electrons. The average molecular weight is 288 g/mol. The maximum atomic E-state index is 11.1. The van der Waals surface area contributed by atoms with Crippen molar-refractivity contribution in [2.75, 3.05) is 26.2 Å². The van der Waals surface area contributed by atoms with Crippen molar-refractivity contribution >= 4 is 28.8 Å². The number of hydrogen-bond acceptors (Lipinski definition) is 4. The van der Waals surface area contributed by atoms with Gasteiger partial charge >= 0.3 is 0 Å². The van der Waals surface area contributed by atoms with Crippen LogP contribution in [0.3, 0.4) is 0 Å². The molecule has 0 aliphatic carbocycles. The number of carbonyl (C=O) groups is 1. The van der Waals surface area contributed by atoms with Gasteiger partial charge in [-0.25, -0.2) is 0 Å². The quantitative estimate of drug-likeness (QED) is 0.910. The zero-order valence-electron chi connectivity index (χ0n) is 10.4. The van der Waals surface area contributed by atoms with E-state index in [1.165, 1.54) is 4.88 Å². The zero-order chi connectivity index (χ0) is 13.1. The van der Waals surface area contributed by atoms with E-state index < -0.39 is 0 Å². The predicted molar refractivity (Wildman–Crippen MR) is 74.8 cm³/mol. The van der Waals surface area contributed by atoms with E-state index in [9.17, 15) is 4.79 Å². The number of nitrogens with zero attached hydrogens (tertiary/aromatic N) is 2. The summed E-state index contributed by atoms with van der Waals surface area (Å²) in [4.78, 5) is 16.9. The van der Waals surface area contributed by atoms with Gasteiger partial charge in [-0.15, -0.1) is 11.3 Å². The highest BCUT2D eigenvalue weighted by Gasteiger charge is 2.24. The number of piperazine rings is 1. The predicted octanol–water partition coefficient (Wildman–Crippen LogP) is 1.39. The molecule has 0 saturated carbocycles. The molecule has 1 amide bonds. The Bertz CT molecular complexity index is 415. The third-order valence-corrected chi connectivity index (χ3v) is 4.59. The maximum Gasteiger partial charge on any atom is 0.234 e. The van der Waals surface area contributed by atoms with Gasteiger partial charge in [0.1, 0.15) is 0 Å². The van der Waals surface area contributed by atoms with Gasteiger partial charge in [-0.05, 0) is 19.1 Å². The van der Waals surface area contributed by atoms with Crippen LogP contribution in [0.1, 0.15) is 11.8 Å². The van der Waals surface area contributed by atoms with Gasteiger partial charge in [0.05, 0.1) is 10.4 Å². The highest BCUT2D eigenvalue weighted by Crippen LogP contribution is 2.23. The van der Waals surface area contributed by atoms with Gasteiger partial charge in [-0.3, -0.25) is 14.6 Å². The number of carbonyl (C=O) groups excluding carboxylic acids is 1. The molecule has 6 heteroatoms. The Labute approximate surface area is 116 Å². The van der Waals surface area contributed by atoms with Crippen molar-refractivity contribution in [2.24, 2.45) is 5.73 Å². The van der Waals surface area contributed by atoms with E-state index in [0.29, 0.717) is 0 Å². The molecule has 1 atom stereocenters. The van der Waals surface area contributed by atoms with Gasteiger partial charge in [0.15, 0.2) is 0 Å². The van der Waals surface area contributed by atoms with Gasteiger partial charge in [0.25, 0.3) is 0 Å². The molecule has 2 N–H and O–H groups in total. The summed E-state index contributed by atoms with van der Waals surface area (Å²) in [7, 11) is 0. The minimum absolute atomic E-state index is 0.164. The van der Waals surface area contributed by atoms with Crippen molar-refractivity contribution < 1.29 is 4.79 Å². The SMILES string of the molecule is CC(C(N)=O)N1CCN(Cc2ccc(Cl)s2)CC1. The van der Waals surface area contributed by atoms with Crippen LogP contribution in [0, 0.1) is 0 Å². The van der Waals surface area contributed by atoms with Crippen LogP contribution in [0.4, 0.5) is 0 Å². The number of rotatable bonds is 4. The lowest BCUT2D eigenvalue weighted by atomic mass is 10.2. The fourth-order valence-electron chi connectivity index (χ4n) is 2.15. The normalized spacial score (nSPS) is 19.9. The van der Waals surface area contributed by atoms with Crippen LogP contribution in [-0.4, -0.2) is 47.9 Å². The van der Waals surface area contributed by atoms with Crippen molar-refractivity contribution in [3.8, 4) is 0 Å². The van der Waals surface area contributed by atoms with Crippen molar-refractivity contribution in [1.29, 1.82) is 0 Å². The molecular formula is C12H18ClN3OS. The van der Waals surface area contributed by atoms with E-state index in [1.807, 2.05) is 13.0 Å². The van der Waals surface area contributed by atoms with Crippen LogP contribution in [0.25, 0.3) is 0 Å². The largest absolute Gasteiger partial charge is 0.368 e. The lowest BCUT2D eigenvalue weighted by Crippen LogP contribution is -2.52. The number of thiophene rings is 1. The Hall–Kier alpha value is -0.620. The molecule has 1 fully saturated rings. The summed E-state index contributed by atoms with van der Waals surface area (Å²) in [5.74, 6) is -0.242. The highest BCUT2D eigenvalue weighted by atomic mass is 35.5. The van der Waals surface area contributed by atoms with Gasteiger partial charge < -0.3 is 5.73 Å². The molecule has 1 unspecified atom stereocenters. The molecule has 0 bridgehead atoms. The summed E-state index contributed by atoms with van der Waals surface area (Å²) in [5.41, 5.74) is 5.32. The molecule has 1 aromatic heterocycles. The summed E-state index contributed by atoms with van der Waals surface area (Å²) in [5, 5.41) is 0. The lowest BCUT2D eigenvalue weighted by molar-refractivity contribution is -0.123. The fourth-order valence-corrected chi connectivity index (χ4v) is 3.28. The van der Waals surface area contributed by atoms with E-state index >= 15 is 0 Å². The monoisotopic (exact) mass is 287 g/mol. The Morgan fingerprint density at radius 1 is 1.44 bits per heavy atom. The van der Waals surface area contributed by atoms with E-state index in [2.05, 4.69) is 15.9 Å². The van der Waals surface area contributed by atoms with Crippen LogP contribution in [-0.2, 0) is 11.3 Å². The van der Waals surface area contributed by atoms with Crippen LogP contribution < -0.4 is 5.73 Å². The van der Waals surface area contributed by atoms with Gasteiger partial charge in [0.2, 0.25) is 5.91 Å². The number of primary amides is 1. The molecule has 0 spiro atoms. The second kappa shape index (κ2) is 6.02. The summed E-state index contributed by atoms with van der Waals surface area (Å²) in [6.07, 6.45) is 0. The average Bonchev–Trinajstić information content (AvgIpc) is 2.75. The summed E-state index contributed by atoms with van der Waals surface area (Å²) < 4.78 is 0.839. The number of halogens is 1. The first kappa shape index (κ1) is 13.8. The molecule has 0 aromatic carbocycles. The first-order chi connectivity index (χ1) is 8.56. The van der Waals surface area contributed by atoms with Gasteiger partial charge in [-0.1, -0.05) is 11.6 Å². The van der Waals surface area contributed by atoms with E-state index in [-0.39, 0.29) is 11.9 Å². The molecule has 1 aliphatic rings. The molecule has 1 aromatic rings. The molecule has 4 nitrogen and oxygen atoms in total. The Morgan fingerprint density at radius 3 is 2.61 bits per heavy atom. The smallest absolute Gasteiger partial charge is 0.234 e. The molecule has 2 heterocycles. The first-order valence-corrected chi connectivity index (χ1v) is 7.25. The van der Waals surface area contributed by atoms with Crippen LogP contribution in [0.5, 0.6) is 0 Å². The third kappa shape index (κ3) is 3.45. The highest BCUT2D eigenvalue weighted by molar-refractivity contribution is 7.16. The minimum atomic E-state index is -0.242. The third-order valence-electron chi connectivity index (χ3n) is 3.37. The van der Waals surface area contributed by atoms with E-state index in [0.717, 1.165) is 37.1 Å². The zero-order valence-corrected chi connectivity index (χ0v) is 12.0.